The molecule has 3 heteroatoms. The molecule has 1 atom stereocenters. The molecule has 0 aliphatic carbocycles. The van der Waals surface area contributed by atoms with E-state index in [1.807, 2.05) is 0 Å². The fraction of sp³-hybridized carbons (Fsp3) is 0.857. The van der Waals surface area contributed by atoms with E-state index >= 15 is 0 Å². The first-order chi connectivity index (χ1) is 4.43. The molecule has 1 saturated heterocycles. The number of rotatable bonds is 0. The van der Waals surface area contributed by atoms with Crippen LogP contribution in [-0.4, -0.2) is 13.1 Å². The normalized spacial score (nSPS) is 25.7. The van der Waals surface area contributed by atoms with Gasteiger partial charge in [0.1, 0.15) is 0 Å². The van der Waals surface area contributed by atoms with E-state index in [-0.39, 0.29) is 12.4 Å². The van der Waals surface area contributed by atoms with Gasteiger partial charge in [-0.05, 0) is 32.4 Å². The molecule has 1 rings (SSSR count). The van der Waals surface area contributed by atoms with Gasteiger partial charge in [-0.2, -0.15) is 5.26 Å². The van der Waals surface area contributed by atoms with Gasteiger partial charge in [0, 0.05) is 5.92 Å². The Morgan fingerprint density at radius 2 is 2.10 bits per heavy atom. The zero-order valence-corrected chi connectivity index (χ0v) is 6.78. The van der Waals surface area contributed by atoms with E-state index in [9.17, 15) is 0 Å². The molecule has 58 valence electrons. The molecule has 0 radical (unpaired) electrons. The lowest BCUT2D eigenvalue weighted by atomic mass is 10.0. The van der Waals surface area contributed by atoms with Crippen LogP contribution >= 0.6 is 12.4 Å². The summed E-state index contributed by atoms with van der Waals surface area (Å²) in [5.74, 6) is 0.319. The average molecular weight is 161 g/mol. The molecule has 1 heterocycles. The predicted octanol–water partition coefficient (Wildman–Crippen LogP) is 1.32. The lowest BCUT2D eigenvalue weighted by Gasteiger charge is -1.99. The lowest BCUT2D eigenvalue weighted by molar-refractivity contribution is 0.588. The maximum absolute atomic E-state index is 8.54. The average Bonchev–Trinajstić information content (AvgIpc) is 2.13. The molecule has 1 aliphatic rings. The van der Waals surface area contributed by atoms with Crippen molar-refractivity contribution in [1.82, 2.24) is 5.32 Å². The molecular weight excluding hydrogens is 148 g/mol. The summed E-state index contributed by atoms with van der Waals surface area (Å²) in [6.45, 7) is 2.12. The molecule has 0 bridgehead atoms. The number of halogens is 1. The maximum atomic E-state index is 8.54. The van der Waals surface area contributed by atoms with Gasteiger partial charge in [-0.1, -0.05) is 0 Å². The van der Waals surface area contributed by atoms with Gasteiger partial charge in [-0.15, -0.1) is 12.4 Å². The first kappa shape index (κ1) is 9.74. The molecule has 1 aliphatic heterocycles. The minimum Gasteiger partial charge on any atom is -0.317 e. The number of nitriles is 1. The summed E-state index contributed by atoms with van der Waals surface area (Å²) >= 11 is 0. The molecule has 10 heavy (non-hydrogen) atoms. The smallest absolute Gasteiger partial charge is 0.0656 e. The molecule has 0 aromatic heterocycles. The van der Waals surface area contributed by atoms with Crippen molar-refractivity contribution in [3.63, 3.8) is 0 Å². The van der Waals surface area contributed by atoms with Gasteiger partial charge in [0.25, 0.3) is 0 Å². The summed E-state index contributed by atoms with van der Waals surface area (Å²) in [4.78, 5) is 0. The third kappa shape index (κ3) is 3.05. The van der Waals surface area contributed by atoms with Crippen molar-refractivity contribution >= 4 is 12.4 Å². The maximum Gasteiger partial charge on any atom is 0.0656 e. The van der Waals surface area contributed by atoms with Crippen LogP contribution in [0.15, 0.2) is 0 Å². The van der Waals surface area contributed by atoms with Crippen LogP contribution in [0.2, 0.25) is 0 Å². The largest absolute Gasteiger partial charge is 0.317 e. The summed E-state index contributed by atoms with van der Waals surface area (Å²) in [7, 11) is 0. The van der Waals surface area contributed by atoms with Crippen LogP contribution in [0.25, 0.3) is 0 Å². The van der Waals surface area contributed by atoms with Crippen molar-refractivity contribution in [2.45, 2.75) is 19.3 Å². The summed E-state index contributed by atoms with van der Waals surface area (Å²) in [6, 6.07) is 2.30. The molecule has 1 fully saturated rings. The quantitative estimate of drug-likeness (QED) is 0.580. The highest BCUT2D eigenvalue weighted by Gasteiger charge is 2.08. The summed E-state index contributed by atoms with van der Waals surface area (Å²) in [5.41, 5.74) is 0. The monoisotopic (exact) mass is 160 g/mol. The Hall–Kier alpha value is -0.260. The van der Waals surface area contributed by atoms with Crippen molar-refractivity contribution in [2.75, 3.05) is 13.1 Å². The van der Waals surface area contributed by atoms with Crippen LogP contribution in [0.5, 0.6) is 0 Å². The number of hydrogen-bond donors (Lipinski definition) is 1. The molecular formula is C7H13ClN2. The molecule has 0 amide bonds. The highest BCUT2D eigenvalue weighted by atomic mass is 35.5. The standard InChI is InChI=1S/C7H12N2.ClH/c8-6-7-2-1-4-9-5-3-7;/h7,9H,1-5H2;1H/t7-;/m0./s1. The third-order valence-corrected chi connectivity index (χ3v) is 1.76. The van der Waals surface area contributed by atoms with E-state index in [0.29, 0.717) is 5.92 Å². The second-order valence-electron chi connectivity index (χ2n) is 2.51. The molecule has 2 nitrogen and oxygen atoms in total. The highest BCUT2D eigenvalue weighted by molar-refractivity contribution is 5.85. The fourth-order valence-electron chi connectivity index (χ4n) is 1.15. The number of nitrogens with one attached hydrogen (secondary N) is 1. The van der Waals surface area contributed by atoms with Crippen molar-refractivity contribution in [1.29, 1.82) is 5.26 Å². The predicted molar refractivity (Wildman–Crippen MR) is 43.1 cm³/mol. The molecule has 0 spiro atoms. The van der Waals surface area contributed by atoms with Crippen molar-refractivity contribution in [2.24, 2.45) is 5.92 Å². The van der Waals surface area contributed by atoms with E-state index in [4.69, 9.17) is 5.26 Å². The SMILES string of the molecule is Cl.N#C[C@H]1CCCNCC1. The summed E-state index contributed by atoms with van der Waals surface area (Å²) in [5, 5.41) is 11.8. The van der Waals surface area contributed by atoms with Gasteiger partial charge in [0.2, 0.25) is 0 Å². The van der Waals surface area contributed by atoms with Gasteiger partial charge < -0.3 is 5.32 Å². The van der Waals surface area contributed by atoms with Gasteiger partial charge in [-0.25, -0.2) is 0 Å². The Balaban J connectivity index is 0.000000810. The second kappa shape index (κ2) is 5.52. The van der Waals surface area contributed by atoms with E-state index in [0.717, 1.165) is 32.4 Å². The van der Waals surface area contributed by atoms with E-state index in [2.05, 4.69) is 11.4 Å². The van der Waals surface area contributed by atoms with E-state index in [1.54, 1.807) is 0 Å². The van der Waals surface area contributed by atoms with Crippen LogP contribution in [0.1, 0.15) is 19.3 Å². The minimum absolute atomic E-state index is 0. The highest BCUT2D eigenvalue weighted by Crippen LogP contribution is 2.10. The zero-order chi connectivity index (χ0) is 6.53. The molecule has 0 aromatic carbocycles. The second-order valence-corrected chi connectivity index (χ2v) is 2.51. The third-order valence-electron chi connectivity index (χ3n) is 1.76. The van der Waals surface area contributed by atoms with E-state index in [1.165, 1.54) is 0 Å². The Labute approximate surface area is 68.0 Å². The summed E-state index contributed by atoms with van der Waals surface area (Å²) in [6.07, 6.45) is 3.29. The lowest BCUT2D eigenvalue weighted by Crippen LogP contribution is -2.13. The first-order valence-corrected chi connectivity index (χ1v) is 3.54. The van der Waals surface area contributed by atoms with Gasteiger partial charge in [0.05, 0.1) is 6.07 Å². The van der Waals surface area contributed by atoms with Crippen LogP contribution in [0.4, 0.5) is 0 Å². The van der Waals surface area contributed by atoms with Crippen LogP contribution in [0.3, 0.4) is 0 Å². The van der Waals surface area contributed by atoms with Crippen molar-refractivity contribution in [3.05, 3.63) is 0 Å². The van der Waals surface area contributed by atoms with Gasteiger partial charge >= 0.3 is 0 Å². The number of hydrogen-bond acceptors (Lipinski definition) is 2. The molecule has 1 N–H and O–H groups in total. The van der Waals surface area contributed by atoms with Gasteiger partial charge in [0.15, 0.2) is 0 Å². The topological polar surface area (TPSA) is 35.8 Å². The van der Waals surface area contributed by atoms with Crippen molar-refractivity contribution < 1.29 is 0 Å². The molecule has 0 aromatic rings. The Bertz CT molecular complexity index is 111. The van der Waals surface area contributed by atoms with Gasteiger partial charge in [-0.3, -0.25) is 0 Å². The van der Waals surface area contributed by atoms with E-state index < -0.39 is 0 Å². The van der Waals surface area contributed by atoms with Crippen LogP contribution in [0, 0.1) is 17.2 Å². The summed E-state index contributed by atoms with van der Waals surface area (Å²) < 4.78 is 0. The fourth-order valence-corrected chi connectivity index (χ4v) is 1.15. The minimum atomic E-state index is 0. The van der Waals surface area contributed by atoms with Crippen molar-refractivity contribution in [3.8, 4) is 6.07 Å². The van der Waals surface area contributed by atoms with Crippen LogP contribution < -0.4 is 5.32 Å². The number of nitrogens with zero attached hydrogens (tertiary/aromatic N) is 1. The Kier molecular flexibility index (Phi) is 5.38. The molecule has 0 saturated carbocycles. The first-order valence-electron chi connectivity index (χ1n) is 3.54. The Morgan fingerprint density at radius 1 is 1.30 bits per heavy atom. The Morgan fingerprint density at radius 3 is 2.80 bits per heavy atom. The molecule has 0 unspecified atom stereocenters. The van der Waals surface area contributed by atoms with Crippen LogP contribution in [-0.2, 0) is 0 Å². The zero-order valence-electron chi connectivity index (χ0n) is 5.97.